The van der Waals surface area contributed by atoms with E-state index in [9.17, 15) is 18.4 Å². The van der Waals surface area contributed by atoms with E-state index in [0.717, 1.165) is 6.20 Å². The summed E-state index contributed by atoms with van der Waals surface area (Å²) in [4.78, 5) is 37.4. The van der Waals surface area contributed by atoms with Gasteiger partial charge in [0.2, 0.25) is 0 Å². The lowest BCUT2D eigenvalue weighted by molar-refractivity contribution is 0.0512. The average molecular weight is 531 g/mol. The van der Waals surface area contributed by atoms with Crippen molar-refractivity contribution in [3.05, 3.63) is 86.2 Å². The first kappa shape index (κ1) is 25.9. The molecule has 4 aromatic rings. The van der Waals surface area contributed by atoms with Crippen molar-refractivity contribution in [2.45, 2.75) is 34.3 Å². The molecule has 0 amide bonds. The van der Waals surface area contributed by atoms with Gasteiger partial charge < -0.3 is 9.47 Å². The summed E-state index contributed by atoms with van der Waals surface area (Å²) in [6, 6.07) is 3.81. The molecule has 13 heteroatoms. The normalized spacial score (nSPS) is 11.0. The van der Waals surface area contributed by atoms with Crippen LogP contribution in [-0.2, 0) is 11.3 Å². The molecule has 0 aliphatic carbocycles. The van der Waals surface area contributed by atoms with Crippen LogP contribution >= 0.6 is 11.6 Å². The van der Waals surface area contributed by atoms with Crippen LogP contribution in [0.5, 0.6) is 5.75 Å². The Balaban J connectivity index is 1.70. The largest absolute Gasteiger partial charge is 0.485 e. The predicted octanol–water partition coefficient (Wildman–Crippen LogP) is 3.82. The van der Waals surface area contributed by atoms with Crippen molar-refractivity contribution in [2.75, 3.05) is 6.61 Å². The fourth-order valence-electron chi connectivity index (χ4n) is 3.53. The van der Waals surface area contributed by atoms with Crippen molar-refractivity contribution in [1.29, 1.82) is 0 Å². The smallest absolute Gasteiger partial charge is 0.378 e. The molecule has 0 aliphatic heterocycles. The molecule has 0 N–H and O–H groups in total. The van der Waals surface area contributed by atoms with E-state index in [1.807, 2.05) is 0 Å². The lowest BCUT2D eigenvalue weighted by Gasteiger charge is -2.16. The molecule has 0 saturated carbocycles. The van der Waals surface area contributed by atoms with Gasteiger partial charge >= 0.3 is 5.97 Å². The van der Waals surface area contributed by atoms with Gasteiger partial charge in [-0.05, 0) is 33.3 Å². The molecule has 0 fully saturated rings. The Kier molecular flexibility index (Phi) is 7.30. The minimum atomic E-state index is -0.879. The third-order valence-electron chi connectivity index (χ3n) is 5.29. The number of hydrogen-bond acceptors (Lipinski definition) is 8. The minimum absolute atomic E-state index is 0.0177. The first-order chi connectivity index (χ1) is 17.6. The molecule has 10 nitrogen and oxygen atoms in total. The highest BCUT2D eigenvalue weighted by Gasteiger charge is 2.20. The maximum atomic E-state index is 13.9. The quantitative estimate of drug-likeness (QED) is 0.331. The van der Waals surface area contributed by atoms with Crippen LogP contribution in [0.15, 0.2) is 35.4 Å². The summed E-state index contributed by atoms with van der Waals surface area (Å²) in [6.07, 6.45) is 2.41. The summed E-state index contributed by atoms with van der Waals surface area (Å²) >= 11 is 6.33. The van der Waals surface area contributed by atoms with Gasteiger partial charge in [-0.15, -0.1) is 5.10 Å². The summed E-state index contributed by atoms with van der Waals surface area (Å²) in [5.74, 6) is -1.77. The Hall–Kier alpha value is -4.19. The second-order valence-corrected chi connectivity index (χ2v) is 8.30. The first-order valence-corrected chi connectivity index (χ1v) is 11.4. The number of pyridine rings is 3. The Morgan fingerprint density at radius 1 is 1.11 bits per heavy atom. The Morgan fingerprint density at radius 3 is 2.57 bits per heavy atom. The SMILES string of the molecule is CCOC(=O)c1nc(C)n(-c2cc(-n3c(C)cc(OCc4ncc(F)cc4F)c(Cl)c3=O)c(C)cn2)n1. The van der Waals surface area contributed by atoms with Crippen molar-refractivity contribution in [3.8, 4) is 17.3 Å². The summed E-state index contributed by atoms with van der Waals surface area (Å²) in [7, 11) is 0. The zero-order valence-electron chi connectivity index (χ0n) is 20.3. The van der Waals surface area contributed by atoms with Gasteiger partial charge in [0.25, 0.3) is 11.4 Å². The highest BCUT2D eigenvalue weighted by molar-refractivity contribution is 6.31. The number of esters is 1. The van der Waals surface area contributed by atoms with Crippen LogP contribution < -0.4 is 10.3 Å². The molecule has 0 aliphatic rings. The Morgan fingerprint density at radius 2 is 1.86 bits per heavy atom. The van der Waals surface area contributed by atoms with Gasteiger partial charge in [0.05, 0.1) is 18.5 Å². The second kappa shape index (κ2) is 10.4. The first-order valence-electron chi connectivity index (χ1n) is 11.0. The molecule has 0 aromatic carbocycles. The second-order valence-electron chi connectivity index (χ2n) is 7.92. The third kappa shape index (κ3) is 5.19. The Bertz CT molecular complexity index is 1570. The fraction of sp³-hybridized carbons (Fsp3) is 0.250. The number of halogens is 3. The van der Waals surface area contributed by atoms with Gasteiger partial charge in [-0.1, -0.05) is 11.6 Å². The molecule has 0 spiro atoms. The van der Waals surface area contributed by atoms with E-state index in [1.165, 1.54) is 15.3 Å². The van der Waals surface area contributed by atoms with Gasteiger partial charge in [-0.25, -0.2) is 23.5 Å². The van der Waals surface area contributed by atoms with Crippen LogP contribution in [0.1, 0.15) is 40.3 Å². The van der Waals surface area contributed by atoms with Crippen LogP contribution in [0.2, 0.25) is 5.02 Å². The van der Waals surface area contributed by atoms with Crippen molar-refractivity contribution in [3.63, 3.8) is 0 Å². The lowest BCUT2D eigenvalue weighted by atomic mass is 10.2. The number of hydrogen-bond donors (Lipinski definition) is 0. The highest BCUT2D eigenvalue weighted by Crippen LogP contribution is 2.26. The molecule has 4 aromatic heterocycles. The van der Waals surface area contributed by atoms with Crippen molar-refractivity contribution in [2.24, 2.45) is 0 Å². The van der Waals surface area contributed by atoms with Crippen molar-refractivity contribution in [1.82, 2.24) is 29.3 Å². The van der Waals surface area contributed by atoms with E-state index in [4.69, 9.17) is 21.1 Å². The fourth-order valence-corrected chi connectivity index (χ4v) is 3.72. The number of aromatic nitrogens is 6. The summed E-state index contributed by atoms with van der Waals surface area (Å²) < 4.78 is 40.2. The Labute approximate surface area is 214 Å². The molecular weight excluding hydrogens is 510 g/mol. The van der Waals surface area contributed by atoms with Crippen LogP contribution in [-0.4, -0.2) is 41.9 Å². The van der Waals surface area contributed by atoms with Gasteiger partial charge in [0.1, 0.15) is 34.7 Å². The highest BCUT2D eigenvalue weighted by atomic mass is 35.5. The van der Waals surface area contributed by atoms with E-state index in [0.29, 0.717) is 34.7 Å². The van der Waals surface area contributed by atoms with Crippen LogP contribution in [0, 0.1) is 32.4 Å². The standard InChI is InChI=1S/C24H21ClF2N6O4/c1-5-36-24(35)22-30-14(4)33(31-22)20-8-18(12(2)9-29-20)32-13(3)6-19(21(25)23(32)34)37-11-17-16(27)7-15(26)10-28-17/h6-10H,5,11H2,1-4H3. The lowest BCUT2D eigenvalue weighted by Crippen LogP contribution is -2.23. The summed E-state index contributed by atoms with van der Waals surface area (Å²) in [6.45, 7) is 6.57. The van der Waals surface area contributed by atoms with Crippen molar-refractivity contribution >= 4 is 17.6 Å². The number of carbonyl (C=O) groups excluding carboxylic acids is 1. The van der Waals surface area contributed by atoms with Crippen molar-refractivity contribution < 1.29 is 23.0 Å². The number of aryl methyl sites for hydroxylation is 3. The molecule has 4 heterocycles. The number of ether oxygens (including phenoxy) is 2. The van der Waals surface area contributed by atoms with E-state index in [2.05, 4.69) is 20.1 Å². The van der Waals surface area contributed by atoms with E-state index >= 15 is 0 Å². The average Bonchev–Trinajstić information content (AvgIpc) is 3.24. The molecular formula is C24H21ClF2N6O4. The molecule has 192 valence electrons. The molecule has 37 heavy (non-hydrogen) atoms. The molecule has 0 atom stereocenters. The van der Waals surface area contributed by atoms with Crippen LogP contribution in [0.25, 0.3) is 11.5 Å². The van der Waals surface area contributed by atoms with Gasteiger partial charge in [0.15, 0.2) is 11.6 Å². The number of nitrogens with zero attached hydrogens (tertiary/aromatic N) is 6. The van der Waals surface area contributed by atoms with E-state index < -0.39 is 23.2 Å². The predicted molar refractivity (Wildman–Crippen MR) is 128 cm³/mol. The van der Waals surface area contributed by atoms with Gasteiger partial charge in [-0.2, -0.15) is 4.68 Å². The molecule has 0 radical (unpaired) electrons. The zero-order valence-corrected chi connectivity index (χ0v) is 21.0. The topological polar surface area (TPSA) is 114 Å². The van der Waals surface area contributed by atoms with Crippen LogP contribution in [0.4, 0.5) is 8.78 Å². The summed E-state index contributed by atoms with van der Waals surface area (Å²) in [5, 5.41) is 3.94. The van der Waals surface area contributed by atoms with Gasteiger partial charge in [-0.3, -0.25) is 14.3 Å². The zero-order chi connectivity index (χ0) is 26.9. The summed E-state index contributed by atoms with van der Waals surface area (Å²) in [5.41, 5.74) is 0.838. The molecule has 0 unspecified atom stereocenters. The number of rotatable bonds is 7. The minimum Gasteiger partial charge on any atom is -0.485 e. The third-order valence-corrected chi connectivity index (χ3v) is 5.64. The van der Waals surface area contributed by atoms with E-state index in [1.54, 1.807) is 40.0 Å². The number of carbonyl (C=O) groups is 1. The monoisotopic (exact) mass is 530 g/mol. The maximum Gasteiger partial charge on any atom is 0.378 e. The maximum absolute atomic E-state index is 13.9. The molecule has 0 bridgehead atoms. The van der Waals surface area contributed by atoms with Crippen LogP contribution in [0.3, 0.4) is 0 Å². The van der Waals surface area contributed by atoms with E-state index in [-0.39, 0.29) is 35.5 Å². The molecule has 4 rings (SSSR count). The molecule has 0 saturated heterocycles. The van der Waals surface area contributed by atoms with Gasteiger partial charge in [0, 0.05) is 30.1 Å².